The van der Waals surface area contributed by atoms with E-state index in [2.05, 4.69) is 52.8 Å². The van der Waals surface area contributed by atoms with E-state index >= 15 is 0 Å². The largest absolute Gasteiger partial charge is 0.481 e. The minimum atomic E-state index is -1.78. The van der Waals surface area contributed by atoms with Crippen LogP contribution < -0.4 is 70.8 Å². The van der Waals surface area contributed by atoms with E-state index in [9.17, 15) is 77.6 Å². The Morgan fingerprint density at radius 2 is 0.882 bits per heavy atom. The number of carbonyl (C=O) groups excluding carboxylic acids is 10. The van der Waals surface area contributed by atoms with E-state index in [1.165, 1.54) is 0 Å². The van der Waals surface area contributed by atoms with E-state index in [1.54, 1.807) is 71.9 Å². The first-order valence-electron chi connectivity index (χ1n) is 28.2. The molecule has 30 heteroatoms. The van der Waals surface area contributed by atoms with Gasteiger partial charge in [-0.25, -0.2) is 4.79 Å². The van der Waals surface area contributed by atoms with Gasteiger partial charge in [0.25, 0.3) is 0 Å². The zero-order valence-corrected chi connectivity index (χ0v) is 49.7. The van der Waals surface area contributed by atoms with Crippen LogP contribution in [-0.2, 0) is 68.7 Å². The van der Waals surface area contributed by atoms with E-state index in [4.69, 9.17) is 22.9 Å². The molecule has 85 heavy (non-hydrogen) atoms. The number of guanidine groups is 1. The molecule has 10 amide bonds. The van der Waals surface area contributed by atoms with E-state index in [1.807, 2.05) is 13.8 Å². The summed E-state index contributed by atoms with van der Waals surface area (Å²) in [6, 6.07) is -4.76. The van der Waals surface area contributed by atoms with Crippen molar-refractivity contribution in [3.63, 3.8) is 0 Å². The molecular formula is C55H90N14O16. The quantitative estimate of drug-likeness (QED) is 0.0183. The second-order valence-corrected chi connectivity index (χ2v) is 22.3. The van der Waals surface area contributed by atoms with Crippen molar-refractivity contribution < 1.29 is 77.6 Å². The molecule has 0 radical (unpaired) electrons. The van der Waals surface area contributed by atoms with Crippen LogP contribution in [0.5, 0.6) is 0 Å². The average Bonchev–Trinajstić information content (AvgIpc) is 3.61. The van der Waals surface area contributed by atoms with Gasteiger partial charge in [0, 0.05) is 32.2 Å². The van der Waals surface area contributed by atoms with Gasteiger partial charge in [-0.05, 0) is 80.6 Å². The first-order valence-corrected chi connectivity index (χ1v) is 28.2. The number of carboxylic acids is 3. The zero-order valence-electron chi connectivity index (χ0n) is 49.7. The lowest BCUT2D eigenvalue weighted by molar-refractivity contribution is -0.143. The summed E-state index contributed by atoms with van der Waals surface area (Å²) in [5.41, 5.74) is 22.9. The highest BCUT2D eigenvalue weighted by Crippen LogP contribution is 2.13. The van der Waals surface area contributed by atoms with Crippen molar-refractivity contribution in [3.8, 4) is 0 Å². The Hall–Kier alpha value is -8.44. The lowest BCUT2D eigenvalue weighted by Gasteiger charge is -2.28. The van der Waals surface area contributed by atoms with Crippen molar-refractivity contribution in [1.82, 2.24) is 47.9 Å². The van der Waals surface area contributed by atoms with Crippen LogP contribution in [0.3, 0.4) is 0 Å². The maximum atomic E-state index is 14.3. The highest BCUT2D eigenvalue weighted by atomic mass is 16.4. The molecule has 0 saturated carbocycles. The standard InChI is InChI=1S/C55H90N14O16/c1-28(2)23-33(56)46(76)69-45(31(7)8)53(83)61-27-42(71)62-34(15-12-22-60-55(58)59)47(77)63-35(16-19-41(57)70)49(79)66-38(24-29(3)4)51(81)65-36(17-20-43(72)73)48(78)64-37(18-21-44(74)75)50(80)67-39(26-32-13-10-9-11-14-32)52(82)68-40(54(84)85)25-30(5)6/h9-11,13-14,28-31,33-40,45H,12,15-27,56H2,1-8H3,(H2,57,70)(H,61,83)(H,62,71)(H,63,77)(H,64,78)(H,65,81)(H,66,79)(H,67,80)(H,68,82)(H,69,76)(H,72,73)(H,74,75)(H,84,85)(H4,58,59,60)/t33-,34-,35-,36-,37-,38-,39-,40-,45-/m0/s1. The summed E-state index contributed by atoms with van der Waals surface area (Å²) in [4.78, 5) is 176. The SMILES string of the molecule is CC(C)C[C@H](NC(=O)[C@H](Cc1ccccc1)NC(=O)[C@H](CCC(=O)O)NC(=O)[C@H](CCC(=O)O)NC(=O)[C@H](CC(C)C)NC(=O)[C@H](CCC(N)=O)NC(=O)[C@H](CCCN=C(N)N)NC(=O)CNC(=O)[C@@H](NC(=O)[C@@H](N)CC(C)C)C(C)C)C(=O)O. The third-order valence-electron chi connectivity index (χ3n) is 12.8. The number of aliphatic imine (C=N–C) groups is 1. The Morgan fingerprint density at radius 1 is 0.471 bits per heavy atom. The predicted octanol–water partition coefficient (Wildman–Crippen LogP) is -2.52. The second-order valence-electron chi connectivity index (χ2n) is 22.3. The van der Waals surface area contributed by atoms with Gasteiger partial charge in [-0.15, -0.1) is 0 Å². The van der Waals surface area contributed by atoms with Crippen molar-refractivity contribution >= 4 is 82.9 Å². The molecule has 0 unspecified atom stereocenters. The molecule has 0 aliphatic heterocycles. The van der Waals surface area contributed by atoms with Crippen molar-refractivity contribution in [3.05, 3.63) is 35.9 Å². The van der Waals surface area contributed by atoms with Crippen molar-refractivity contribution in [2.75, 3.05) is 13.1 Å². The maximum Gasteiger partial charge on any atom is 0.326 e. The molecule has 0 fully saturated rings. The molecule has 0 aliphatic carbocycles. The smallest absolute Gasteiger partial charge is 0.326 e. The molecule has 0 aliphatic rings. The van der Waals surface area contributed by atoms with E-state index < -0.39 is 182 Å². The third kappa shape index (κ3) is 31.2. The Morgan fingerprint density at radius 3 is 1.32 bits per heavy atom. The summed E-state index contributed by atoms with van der Waals surface area (Å²) >= 11 is 0. The fraction of sp³-hybridized carbons (Fsp3) is 0.636. The Bertz CT molecular complexity index is 2470. The van der Waals surface area contributed by atoms with Crippen LogP contribution in [0.2, 0.25) is 0 Å². The van der Waals surface area contributed by atoms with Gasteiger partial charge in [-0.3, -0.25) is 62.5 Å². The van der Waals surface area contributed by atoms with Gasteiger partial charge < -0.3 is 86.1 Å². The number of nitrogens with zero attached hydrogens (tertiary/aromatic N) is 1. The number of nitrogens with two attached hydrogens (primary N) is 4. The lowest BCUT2D eigenvalue weighted by atomic mass is 10.0. The van der Waals surface area contributed by atoms with Crippen molar-refractivity contribution in [2.24, 2.45) is 51.6 Å². The Balaban J connectivity index is 3.59. The Labute approximate surface area is 494 Å². The van der Waals surface area contributed by atoms with Gasteiger partial charge in [0.1, 0.15) is 48.3 Å². The summed E-state index contributed by atoms with van der Waals surface area (Å²) in [5.74, 6) is -14.8. The fourth-order valence-electron chi connectivity index (χ4n) is 8.42. The van der Waals surface area contributed by atoms with Crippen molar-refractivity contribution in [1.29, 1.82) is 0 Å². The van der Waals surface area contributed by atoms with Gasteiger partial charge in [-0.1, -0.05) is 85.7 Å². The topological polar surface area (TPSA) is 507 Å². The monoisotopic (exact) mass is 1200 g/mol. The van der Waals surface area contributed by atoms with Gasteiger partial charge in [0.2, 0.25) is 59.1 Å². The number of carbonyl (C=O) groups is 13. The number of carboxylic acid groups (broad SMARTS) is 3. The highest BCUT2D eigenvalue weighted by Gasteiger charge is 2.36. The summed E-state index contributed by atoms with van der Waals surface area (Å²) in [5, 5.41) is 51.3. The van der Waals surface area contributed by atoms with Gasteiger partial charge in [0.05, 0.1) is 12.6 Å². The molecule has 0 heterocycles. The van der Waals surface area contributed by atoms with E-state index in [0.29, 0.717) is 12.0 Å². The molecule has 476 valence electrons. The predicted molar refractivity (Wildman–Crippen MR) is 309 cm³/mol. The summed E-state index contributed by atoms with van der Waals surface area (Å²) in [6.45, 7) is 13.2. The number of rotatable bonds is 41. The number of hydrogen-bond donors (Lipinski definition) is 16. The van der Waals surface area contributed by atoms with Crippen LogP contribution in [0, 0.1) is 23.7 Å². The number of benzene rings is 1. The number of amides is 10. The van der Waals surface area contributed by atoms with Gasteiger partial charge in [-0.2, -0.15) is 0 Å². The van der Waals surface area contributed by atoms with Crippen LogP contribution in [0.15, 0.2) is 35.3 Å². The minimum Gasteiger partial charge on any atom is -0.481 e. The van der Waals surface area contributed by atoms with Crippen molar-refractivity contribution in [2.45, 2.75) is 187 Å². The van der Waals surface area contributed by atoms with Gasteiger partial charge >= 0.3 is 17.9 Å². The normalized spacial score (nSPS) is 14.3. The van der Waals surface area contributed by atoms with Crippen LogP contribution in [0.4, 0.5) is 0 Å². The van der Waals surface area contributed by atoms with Crippen LogP contribution in [0.1, 0.15) is 132 Å². The van der Waals surface area contributed by atoms with Crippen LogP contribution >= 0.6 is 0 Å². The first-order chi connectivity index (χ1) is 39.7. The number of aliphatic carboxylic acids is 3. The average molecular weight is 1200 g/mol. The van der Waals surface area contributed by atoms with Crippen LogP contribution in [0.25, 0.3) is 0 Å². The van der Waals surface area contributed by atoms with E-state index in [0.717, 1.165) is 0 Å². The highest BCUT2D eigenvalue weighted by molar-refractivity contribution is 5.98. The number of hydrogen-bond acceptors (Lipinski definition) is 15. The summed E-state index contributed by atoms with van der Waals surface area (Å²) in [7, 11) is 0. The number of primary amides is 1. The Kier molecular flexibility index (Phi) is 33.7. The summed E-state index contributed by atoms with van der Waals surface area (Å²) < 4.78 is 0. The number of nitrogens with one attached hydrogen (secondary N) is 9. The maximum absolute atomic E-state index is 14.3. The molecule has 1 aromatic rings. The summed E-state index contributed by atoms with van der Waals surface area (Å²) in [6.07, 6.45) is -3.65. The molecule has 0 saturated heterocycles. The third-order valence-corrected chi connectivity index (χ3v) is 12.8. The molecule has 0 aromatic heterocycles. The molecule has 1 rings (SSSR count). The zero-order chi connectivity index (χ0) is 64.7. The molecule has 0 bridgehead atoms. The lowest BCUT2D eigenvalue weighted by Crippen LogP contribution is -2.60. The molecule has 9 atom stereocenters. The van der Waals surface area contributed by atoms with Crippen LogP contribution in [-0.4, -0.2) is 166 Å². The molecule has 1 aromatic carbocycles. The van der Waals surface area contributed by atoms with E-state index in [-0.39, 0.29) is 62.4 Å². The molecule has 0 spiro atoms. The molecule has 30 nitrogen and oxygen atoms in total. The fourth-order valence-corrected chi connectivity index (χ4v) is 8.42. The first kappa shape index (κ1) is 74.6. The molecular weight excluding hydrogens is 1110 g/mol. The second kappa shape index (κ2) is 38.4. The minimum absolute atomic E-state index is 0.0180. The van der Waals surface area contributed by atoms with Gasteiger partial charge in [0.15, 0.2) is 5.96 Å². The molecule has 20 N–H and O–H groups in total.